The summed E-state index contributed by atoms with van der Waals surface area (Å²) in [5.41, 5.74) is 2.29. The van der Waals surface area contributed by atoms with E-state index in [2.05, 4.69) is 5.32 Å². The van der Waals surface area contributed by atoms with Gasteiger partial charge in [0.1, 0.15) is 27.5 Å². The lowest BCUT2D eigenvalue weighted by atomic mass is 9.95. The molecule has 5 aromatic heterocycles. The van der Waals surface area contributed by atoms with Crippen LogP contribution in [-0.4, -0.2) is 32.9 Å². The van der Waals surface area contributed by atoms with Crippen molar-refractivity contribution in [1.29, 1.82) is 5.41 Å². The van der Waals surface area contributed by atoms with Crippen LogP contribution in [0.25, 0.3) is 16.7 Å². The van der Waals surface area contributed by atoms with Gasteiger partial charge in [-0.25, -0.2) is 9.78 Å². The zero-order valence-corrected chi connectivity index (χ0v) is 22.2. The normalized spacial score (nSPS) is 13.0. The second-order valence-corrected chi connectivity index (χ2v) is 10.6. The van der Waals surface area contributed by atoms with Crippen molar-refractivity contribution in [3.8, 4) is 0 Å². The van der Waals surface area contributed by atoms with Gasteiger partial charge in [0.05, 0.1) is 36.4 Å². The van der Waals surface area contributed by atoms with Gasteiger partial charge < -0.3 is 19.0 Å². The third kappa shape index (κ3) is 4.15. The Kier molecular flexibility index (Phi) is 6.15. The molecule has 198 valence electrons. The minimum absolute atomic E-state index is 0.0252. The molecule has 0 radical (unpaired) electrons. The number of nitrogens with zero attached hydrogens (tertiary/aromatic N) is 3. The van der Waals surface area contributed by atoms with Crippen LogP contribution >= 0.6 is 11.3 Å². The fraction of sp³-hybridized carbons (Fsp3) is 0.250. The summed E-state index contributed by atoms with van der Waals surface area (Å²) in [5, 5.41) is 12.4. The van der Waals surface area contributed by atoms with Crippen molar-refractivity contribution in [3.05, 3.63) is 91.5 Å². The van der Waals surface area contributed by atoms with Crippen LogP contribution in [0.2, 0.25) is 0 Å². The Bertz CT molecular complexity index is 1900. The molecule has 5 aromatic rings. The van der Waals surface area contributed by atoms with Crippen LogP contribution in [0.1, 0.15) is 55.3 Å². The minimum Gasteiger partial charge on any atom is -0.467 e. The lowest BCUT2D eigenvalue weighted by Crippen LogP contribution is -2.32. The molecule has 0 saturated heterocycles. The highest BCUT2D eigenvalue weighted by Crippen LogP contribution is 2.38. The van der Waals surface area contributed by atoms with Gasteiger partial charge in [0.15, 0.2) is 0 Å². The number of esters is 1. The molecule has 0 fully saturated rings. The van der Waals surface area contributed by atoms with Gasteiger partial charge >= 0.3 is 5.97 Å². The van der Waals surface area contributed by atoms with E-state index in [4.69, 9.17) is 19.5 Å². The number of hydrogen-bond acceptors (Lipinski definition) is 8. The van der Waals surface area contributed by atoms with Gasteiger partial charge in [-0.1, -0.05) is 6.07 Å². The first-order valence-corrected chi connectivity index (χ1v) is 13.4. The molecule has 0 bridgehead atoms. The predicted molar refractivity (Wildman–Crippen MR) is 146 cm³/mol. The number of methoxy groups -OCH3 is 1. The van der Waals surface area contributed by atoms with E-state index >= 15 is 0 Å². The number of amides is 1. The third-order valence-electron chi connectivity index (χ3n) is 7.06. The number of furan rings is 1. The number of thiophene rings is 1. The topological polar surface area (TPSA) is 132 Å². The van der Waals surface area contributed by atoms with Crippen molar-refractivity contribution in [1.82, 2.24) is 14.0 Å². The number of ether oxygens (including phenoxy) is 1. The van der Waals surface area contributed by atoms with Crippen LogP contribution in [0.5, 0.6) is 0 Å². The summed E-state index contributed by atoms with van der Waals surface area (Å²) < 4.78 is 13.5. The summed E-state index contributed by atoms with van der Waals surface area (Å²) in [5.74, 6) is -0.572. The highest BCUT2D eigenvalue weighted by atomic mass is 32.1. The maximum Gasteiger partial charge on any atom is 0.341 e. The molecule has 1 aliphatic rings. The zero-order chi connectivity index (χ0) is 27.3. The molecule has 0 aromatic carbocycles. The standard InChI is InChI=1S/C28H25N5O5S/c1-15-7-5-11-32-23(15)30-24-19(27(32)35)13-18(22(29)33(24)14-16-8-6-12-38-16)25(34)31-26-21(28(36)37-2)17-9-3-4-10-20(17)39-26/h5-8,11-13,29H,3-4,9-10,14H2,1-2H3,(H,31,34). The van der Waals surface area contributed by atoms with Gasteiger partial charge in [0.25, 0.3) is 11.5 Å². The zero-order valence-electron chi connectivity index (χ0n) is 21.4. The number of carbonyl (C=O) groups is 2. The summed E-state index contributed by atoms with van der Waals surface area (Å²) in [6.07, 6.45) is 6.69. The highest BCUT2D eigenvalue weighted by Gasteiger charge is 2.28. The first-order valence-electron chi connectivity index (χ1n) is 12.5. The molecule has 1 aliphatic carbocycles. The highest BCUT2D eigenvalue weighted by molar-refractivity contribution is 7.17. The molecule has 0 aliphatic heterocycles. The Balaban J connectivity index is 1.54. The number of aryl methyl sites for hydroxylation is 2. The quantitative estimate of drug-likeness (QED) is 0.254. The van der Waals surface area contributed by atoms with E-state index in [0.29, 0.717) is 22.0 Å². The molecule has 0 saturated carbocycles. The van der Waals surface area contributed by atoms with E-state index in [1.807, 2.05) is 13.0 Å². The molecule has 39 heavy (non-hydrogen) atoms. The molecule has 5 heterocycles. The van der Waals surface area contributed by atoms with Gasteiger partial charge in [0.2, 0.25) is 0 Å². The first-order chi connectivity index (χ1) is 18.9. The molecule has 0 unspecified atom stereocenters. The van der Waals surface area contributed by atoms with Crippen molar-refractivity contribution < 1.29 is 18.7 Å². The van der Waals surface area contributed by atoms with Crippen molar-refractivity contribution >= 4 is 44.9 Å². The maximum atomic E-state index is 13.7. The second-order valence-electron chi connectivity index (χ2n) is 9.47. The molecular weight excluding hydrogens is 518 g/mol. The third-order valence-corrected chi connectivity index (χ3v) is 8.27. The number of nitrogens with one attached hydrogen (secondary N) is 2. The number of pyridine rings is 2. The summed E-state index contributed by atoms with van der Waals surface area (Å²) in [7, 11) is 1.32. The lowest BCUT2D eigenvalue weighted by Gasteiger charge is -2.15. The van der Waals surface area contributed by atoms with Crippen LogP contribution in [0.3, 0.4) is 0 Å². The van der Waals surface area contributed by atoms with E-state index in [9.17, 15) is 14.4 Å². The molecule has 2 N–H and O–H groups in total. The van der Waals surface area contributed by atoms with Gasteiger partial charge in [-0.2, -0.15) is 0 Å². The summed E-state index contributed by atoms with van der Waals surface area (Å²) in [6.45, 7) is 1.95. The molecule has 6 rings (SSSR count). The summed E-state index contributed by atoms with van der Waals surface area (Å²) in [6, 6.07) is 8.50. The number of hydrogen-bond donors (Lipinski definition) is 2. The van der Waals surface area contributed by atoms with Crippen LogP contribution in [0.4, 0.5) is 5.00 Å². The number of aromatic nitrogens is 3. The summed E-state index contributed by atoms with van der Waals surface area (Å²) >= 11 is 1.36. The first kappa shape index (κ1) is 24.8. The molecule has 1 amide bonds. The fourth-order valence-electron chi connectivity index (χ4n) is 5.12. The Hall–Kier alpha value is -4.51. The SMILES string of the molecule is COC(=O)c1c(NC(=O)c2cc3c(=O)n4cccc(C)c4nc3n(Cc3ccco3)c2=N)sc2c1CCCC2. The molecular formula is C28H25N5O5S. The van der Waals surface area contributed by atoms with E-state index in [-0.39, 0.29) is 34.2 Å². The number of carbonyl (C=O) groups excluding carboxylic acids is 2. The molecule has 0 atom stereocenters. The molecule has 0 spiro atoms. The van der Waals surface area contributed by atoms with Crippen LogP contribution in [0, 0.1) is 12.3 Å². The van der Waals surface area contributed by atoms with Crippen molar-refractivity contribution in [2.75, 3.05) is 12.4 Å². The fourth-order valence-corrected chi connectivity index (χ4v) is 6.40. The van der Waals surface area contributed by atoms with Gasteiger partial charge in [0, 0.05) is 11.1 Å². The van der Waals surface area contributed by atoms with Crippen LogP contribution in [0.15, 0.2) is 52.0 Å². The summed E-state index contributed by atoms with van der Waals surface area (Å²) in [4.78, 5) is 45.8. The number of rotatable bonds is 5. The average Bonchev–Trinajstić information content (AvgIpc) is 3.58. The predicted octanol–water partition coefficient (Wildman–Crippen LogP) is 4.06. The lowest BCUT2D eigenvalue weighted by molar-refractivity contribution is 0.0601. The van der Waals surface area contributed by atoms with E-state index in [1.165, 1.54) is 39.7 Å². The number of fused-ring (bicyclic) bond motifs is 3. The van der Waals surface area contributed by atoms with E-state index in [1.54, 1.807) is 24.4 Å². The number of anilines is 1. The Morgan fingerprint density at radius 2 is 2.03 bits per heavy atom. The van der Waals surface area contributed by atoms with Crippen molar-refractivity contribution in [2.45, 2.75) is 39.2 Å². The average molecular weight is 544 g/mol. The minimum atomic E-state index is -0.604. The molecule has 10 nitrogen and oxygen atoms in total. The van der Waals surface area contributed by atoms with E-state index in [0.717, 1.165) is 41.7 Å². The van der Waals surface area contributed by atoms with Crippen molar-refractivity contribution in [2.24, 2.45) is 0 Å². The molecule has 11 heteroatoms. The largest absolute Gasteiger partial charge is 0.467 e. The van der Waals surface area contributed by atoms with Gasteiger partial charge in [-0.05, 0) is 68.0 Å². The van der Waals surface area contributed by atoms with Crippen LogP contribution < -0.4 is 16.4 Å². The smallest absolute Gasteiger partial charge is 0.341 e. The monoisotopic (exact) mass is 543 g/mol. The Morgan fingerprint density at radius 3 is 2.79 bits per heavy atom. The van der Waals surface area contributed by atoms with Crippen LogP contribution in [-0.2, 0) is 24.1 Å². The van der Waals surface area contributed by atoms with Gasteiger partial charge in [-0.3, -0.25) is 19.4 Å². The van der Waals surface area contributed by atoms with E-state index < -0.39 is 11.9 Å². The Labute approximate surface area is 226 Å². The Morgan fingerprint density at radius 1 is 1.21 bits per heavy atom. The second kappa shape index (κ2) is 9.66. The maximum absolute atomic E-state index is 13.7. The van der Waals surface area contributed by atoms with Crippen molar-refractivity contribution in [3.63, 3.8) is 0 Å². The van der Waals surface area contributed by atoms with Gasteiger partial charge in [-0.15, -0.1) is 11.3 Å².